The lowest BCUT2D eigenvalue weighted by Gasteiger charge is -2.09. The number of nitrogens with zero attached hydrogens (tertiary/aromatic N) is 5. The van der Waals surface area contributed by atoms with Gasteiger partial charge in [0.1, 0.15) is 5.69 Å². The zero-order valence-corrected chi connectivity index (χ0v) is 10.9. The van der Waals surface area contributed by atoms with Crippen LogP contribution in [0.4, 0.5) is 8.78 Å². The number of halogens is 2. The van der Waals surface area contributed by atoms with E-state index < -0.39 is 11.7 Å². The second-order valence-electron chi connectivity index (χ2n) is 4.56. The van der Waals surface area contributed by atoms with Crippen LogP contribution in [0.15, 0.2) is 30.6 Å². The fourth-order valence-corrected chi connectivity index (χ4v) is 1.85. The summed E-state index contributed by atoms with van der Waals surface area (Å²) in [7, 11) is 0. The van der Waals surface area contributed by atoms with Crippen molar-refractivity contribution in [3.63, 3.8) is 0 Å². The van der Waals surface area contributed by atoms with Gasteiger partial charge >= 0.3 is 5.92 Å². The van der Waals surface area contributed by atoms with Gasteiger partial charge in [0.15, 0.2) is 11.5 Å². The molecule has 0 unspecified atom stereocenters. The molecule has 3 aromatic rings. The van der Waals surface area contributed by atoms with Gasteiger partial charge in [0.25, 0.3) is 0 Å². The molecule has 0 spiro atoms. The molecule has 0 aliphatic carbocycles. The molecule has 5 nitrogen and oxygen atoms in total. The van der Waals surface area contributed by atoms with Gasteiger partial charge in [-0.25, -0.2) is 19.5 Å². The average molecular weight is 275 g/mol. The maximum absolute atomic E-state index is 13.2. The van der Waals surface area contributed by atoms with Crippen LogP contribution >= 0.6 is 0 Å². The van der Waals surface area contributed by atoms with Crippen LogP contribution in [-0.2, 0) is 5.92 Å². The Morgan fingerprint density at radius 2 is 1.90 bits per heavy atom. The molecule has 0 bridgehead atoms. The zero-order valence-electron chi connectivity index (χ0n) is 10.9. The minimum Gasteiger partial charge on any atom is -0.236 e. The lowest BCUT2D eigenvalue weighted by atomic mass is 10.2. The summed E-state index contributed by atoms with van der Waals surface area (Å²) in [5.74, 6) is -3.59. The minimum atomic E-state index is -3.08. The lowest BCUT2D eigenvalue weighted by molar-refractivity contribution is 0.00779. The topological polar surface area (TPSA) is 56.0 Å². The van der Waals surface area contributed by atoms with E-state index in [1.807, 2.05) is 6.92 Å². The molecule has 3 heterocycles. The first-order valence-corrected chi connectivity index (χ1v) is 5.98. The highest BCUT2D eigenvalue weighted by atomic mass is 19.3. The molecule has 0 aliphatic rings. The van der Waals surface area contributed by atoms with Crippen molar-refractivity contribution in [2.24, 2.45) is 0 Å². The number of alkyl halides is 2. The molecular weight excluding hydrogens is 264 g/mol. The van der Waals surface area contributed by atoms with E-state index in [0.29, 0.717) is 17.0 Å². The van der Waals surface area contributed by atoms with Crippen LogP contribution in [-0.4, -0.2) is 24.6 Å². The zero-order chi connectivity index (χ0) is 14.3. The Kier molecular flexibility index (Phi) is 2.70. The molecule has 0 N–H and O–H groups in total. The fraction of sp³-hybridized carbons (Fsp3) is 0.231. The van der Waals surface area contributed by atoms with Crippen LogP contribution < -0.4 is 0 Å². The largest absolute Gasteiger partial charge is 0.303 e. The summed E-state index contributed by atoms with van der Waals surface area (Å²) < 4.78 is 28.1. The average Bonchev–Trinajstić information content (AvgIpc) is 2.77. The van der Waals surface area contributed by atoms with Gasteiger partial charge in [-0.2, -0.15) is 13.9 Å². The Bertz CT molecular complexity index is 776. The summed E-state index contributed by atoms with van der Waals surface area (Å²) >= 11 is 0. The van der Waals surface area contributed by atoms with E-state index in [9.17, 15) is 8.78 Å². The molecule has 0 amide bonds. The molecule has 20 heavy (non-hydrogen) atoms. The smallest absolute Gasteiger partial charge is 0.236 e. The highest BCUT2D eigenvalue weighted by Crippen LogP contribution is 2.25. The lowest BCUT2D eigenvalue weighted by Crippen LogP contribution is -2.12. The van der Waals surface area contributed by atoms with Crippen molar-refractivity contribution < 1.29 is 8.78 Å². The van der Waals surface area contributed by atoms with E-state index in [0.717, 1.165) is 12.6 Å². The van der Waals surface area contributed by atoms with Crippen LogP contribution in [0, 0.1) is 6.92 Å². The van der Waals surface area contributed by atoms with E-state index >= 15 is 0 Å². The number of aromatic nitrogens is 5. The summed E-state index contributed by atoms with van der Waals surface area (Å²) in [5.41, 5.74) is 2.37. The van der Waals surface area contributed by atoms with E-state index in [1.54, 1.807) is 28.9 Å². The van der Waals surface area contributed by atoms with Crippen LogP contribution in [0.3, 0.4) is 0 Å². The maximum atomic E-state index is 13.2. The SMILES string of the molecule is Cc1cn2nc(-c3ccnc(C(C)(F)F)n3)ccc2n1. The number of hydrogen-bond donors (Lipinski definition) is 0. The van der Waals surface area contributed by atoms with Gasteiger partial charge in [0.05, 0.1) is 17.6 Å². The summed E-state index contributed by atoms with van der Waals surface area (Å²) in [6, 6.07) is 5.01. The Morgan fingerprint density at radius 1 is 1.10 bits per heavy atom. The molecule has 102 valence electrons. The van der Waals surface area contributed by atoms with Crippen LogP contribution in [0.2, 0.25) is 0 Å². The molecule has 3 rings (SSSR count). The Balaban J connectivity index is 2.10. The third-order valence-corrected chi connectivity index (χ3v) is 2.75. The molecule has 0 radical (unpaired) electrons. The van der Waals surface area contributed by atoms with Crippen molar-refractivity contribution in [1.82, 2.24) is 24.6 Å². The molecule has 0 aliphatic heterocycles. The molecular formula is C13H11F2N5. The first-order chi connectivity index (χ1) is 9.43. The van der Waals surface area contributed by atoms with Gasteiger partial charge < -0.3 is 0 Å². The van der Waals surface area contributed by atoms with Crippen molar-refractivity contribution in [3.05, 3.63) is 42.1 Å². The standard InChI is InChI=1S/C13H11F2N5/c1-8-7-20-11(17-8)4-3-10(19-20)9-5-6-16-12(18-9)13(2,14)15/h3-7H,1-2H3. The quantitative estimate of drug-likeness (QED) is 0.721. The van der Waals surface area contributed by atoms with Crippen LogP contribution in [0.1, 0.15) is 18.4 Å². The summed E-state index contributed by atoms with van der Waals surface area (Å²) in [5, 5.41) is 4.31. The van der Waals surface area contributed by atoms with Crippen molar-refractivity contribution in [2.75, 3.05) is 0 Å². The highest BCUT2D eigenvalue weighted by Gasteiger charge is 2.28. The second kappa shape index (κ2) is 4.29. The van der Waals surface area contributed by atoms with Gasteiger partial charge in [0.2, 0.25) is 0 Å². The van der Waals surface area contributed by atoms with Gasteiger partial charge in [-0.05, 0) is 25.1 Å². The summed E-state index contributed by atoms with van der Waals surface area (Å²) in [6.45, 7) is 2.62. The van der Waals surface area contributed by atoms with Gasteiger partial charge in [-0.3, -0.25) is 0 Å². The Labute approximate surface area is 113 Å². The van der Waals surface area contributed by atoms with Crippen molar-refractivity contribution >= 4 is 5.65 Å². The van der Waals surface area contributed by atoms with Gasteiger partial charge in [-0.15, -0.1) is 0 Å². The monoisotopic (exact) mass is 275 g/mol. The first kappa shape index (κ1) is 12.6. The summed E-state index contributed by atoms with van der Waals surface area (Å²) in [4.78, 5) is 11.7. The van der Waals surface area contributed by atoms with E-state index in [4.69, 9.17) is 0 Å². The molecule has 0 aromatic carbocycles. The molecule has 7 heteroatoms. The minimum absolute atomic E-state index is 0.352. The fourth-order valence-electron chi connectivity index (χ4n) is 1.85. The maximum Gasteiger partial charge on any atom is 0.303 e. The van der Waals surface area contributed by atoms with E-state index in [-0.39, 0.29) is 0 Å². The molecule has 0 saturated heterocycles. The van der Waals surface area contributed by atoms with Crippen molar-refractivity contribution in [2.45, 2.75) is 19.8 Å². The number of hydrogen-bond acceptors (Lipinski definition) is 4. The normalized spacial score (nSPS) is 12.0. The third kappa shape index (κ3) is 2.22. The Morgan fingerprint density at radius 3 is 2.65 bits per heavy atom. The molecule has 0 atom stereocenters. The molecule has 0 saturated carbocycles. The van der Waals surface area contributed by atoms with Crippen LogP contribution in [0.5, 0.6) is 0 Å². The highest BCUT2D eigenvalue weighted by molar-refractivity contribution is 5.55. The Hall–Kier alpha value is -2.44. The molecule has 0 fully saturated rings. The number of rotatable bonds is 2. The van der Waals surface area contributed by atoms with Crippen molar-refractivity contribution in [3.8, 4) is 11.4 Å². The van der Waals surface area contributed by atoms with Gasteiger partial charge in [-0.1, -0.05) is 0 Å². The number of aryl methyl sites for hydroxylation is 1. The predicted octanol–water partition coefficient (Wildman–Crippen LogP) is 2.61. The van der Waals surface area contributed by atoms with Crippen LogP contribution in [0.25, 0.3) is 17.0 Å². The second-order valence-corrected chi connectivity index (χ2v) is 4.56. The first-order valence-electron chi connectivity index (χ1n) is 5.98. The predicted molar refractivity (Wildman–Crippen MR) is 68.3 cm³/mol. The number of fused-ring (bicyclic) bond motifs is 1. The summed E-state index contributed by atoms with van der Waals surface area (Å²) in [6.07, 6.45) is 3.06. The number of imidazole rings is 1. The third-order valence-electron chi connectivity index (χ3n) is 2.75. The van der Waals surface area contributed by atoms with Gasteiger partial charge in [0, 0.05) is 13.1 Å². The van der Waals surface area contributed by atoms with E-state index in [2.05, 4.69) is 20.1 Å². The molecule has 3 aromatic heterocycles. The van der Waals surface area contributed by atoms with E-state index in [1.165, 1.54) is 6.20 Å². The van der Waals surface area contributed by atoms with Crippen molar-refractivity contribution in [1.29, 1.82) is 0 Å².